The highest BCUT2D eigenvalue weighted by Gasteiger charge is 2.44. The maximum atomic E-state index is 12.2. The van der Waals surface area contributed by atoms with Gasteiger partial charge in [-0.25, -0.2) is 0 Å². The topological polar surface area (TPSA) is 73.9 Å². The van der Waals surface area contributed by atoms with Crippen LogP contribution in [0, 0.1) is 17.8 Å². The summed E-state index contributed by atoms with van der Waals surface area (Å²) in [5.41, 5.74) is 0.617. The predicted molar refractivity (Wildman–Crippen MR) is 102 cm³/mol. The minimum atomic E-state index is -0.514. The van der Waals surface area contributed by atoms with Gasteiger partial charge in [-0.05, 0) is 62.0 Å². The minimum absolute atomic E-state index is 0.252. The minimum Gasteiger partial charge on any atom is -0.456 e. The van der Waals surface area contributed by atoms with Crippen molar-refractivity contribution in [1.29, 1.82) is 0 Å². The Morgan fingerprint density at radius 3 is 2.68 bits per heavy atom. The first kappa shape index (κ1) is 17.8. The van der Waals surface area contributed by atoms with E-state index in [9.17, 15) is 9.59 Å². The Morgan fingerprint density at radius 2 is 1.93 bits per heavy atom. The van der Waals surface area contributed by atoms with Gasteiger partial charge in [-0.3, -0.25) is 9.59 Å². The lowest BCUT2D eigenvalue weighted by Crippen LogP contribution is -2.34. The summed E-state index contributed by atoms with van der Waals surface area (Å²) in [6, 6.07) is 5.38. The summed E-state index contributed by atoms with van der Waals surface area (Å²) in [4.78, 5) is 24.3. The second-order valence-corrected chi connectivity index (χ2v) is 8.83. The highest BCUT2D eigenvalue weighted by atomic mass is 16.7. The molecule has 1 heterocycles. The normalized spacial score (nSPS) is 28.6. The van der Waals surface area contributed by atoms with Crippen LogP contribution in [0.1, 0.15) is 57.8 Å². The number of amides is 1. The lowest BCUT2D eigenvalue weighted by Gasteiger charge is -2.21. The first-order valence-corrected chi connectivity index (χ1v) is 10.6. The van der Waals surface area contributed by atoms with Gasteiger partial charge in [0.25, 0.3) is 11.7 Å². The van der Waals surface area contributed by atoms with E-state index < -0.39 is 5.79 Å². The molecule has 0 aromatic heterocycles. The van der Waals surface area contributed by atoms with Crippen molar-refractivity contribution < 1.29 is 23.8 Å². The standard InChI is InChI=1S/C22H27NO5/c24-20(13-26-21(25)11-16-10-14-3-4-15(16)9-14)23-17-5-6-18-19(12-17)28-22(27-18)7-1-2-8-22/h5-6,12,14-16H,1-4,7-11,13H2,(H,23,24)/t14-,15-,16+/m0/s1. The smallest absolute Gasteiger partial charge is 0.306 e. The van der Waals surface area contributed by atoms with Crippen LogP contribution < -0.4 is 14.8 Å². The molecule has 1 aromatic rings. The number of esters is 1. The summed E-state index contributed by atoms with van der Waals surface area (Å²) in [5.74, 6) is 2.21. The van der Waals surface area contributed by atoms with Gasteiger partial charge in [-0.15, -0.1) is 0 Å². The summed E-state index contributed by atoms with van der Waals surface area (Å²) in [7, 11) is 0. The van der Waals surface area contributed by atoms with Gasteiger partial charge in [0.05, 0.1) is 0 Å². The number of carbonyl (C=O) groups excluding carboxylic acids is 2. The molecule has 1 amide bonds. The van der Waals surface area contributed by atoms with Crippen LogP contribution in [0.2, 0.25) is 0 Å². The number of hydrogen-bond donors (Lipinski definition) is 1. The number of ether oxygens (including phenoxy) is 3. The van der Waals surface area contributed by atoms with E-state index in [0.29, 0.717) is 29.7 Å². The number of rotatable bonds is 5. The summed E-state index contributed by atoms with van der Waals surface area (Å²) in [6.45, 7) is -0.252. The van der Waals surface area contributed by atoms with Gasteiger partial charge < -0.3 is 19.5 Å². The third-order valence-corrected chi connectivity index (χ3v) is 6.86. The van der Waals surface area contributed by atoms with Crippen LogP contribution in [0.5, 0.6) is 11.5 Å². The molecule has 3 fully saturated rings. The fourth-order valence-electron chi connectivity index (χ4n) is 5.53. The number of fused-ring (bicyclic) bond motifs is 3. The lowest BCUT2D eigenvalue weighted by atomic mass is 9.86. The molecule has 3 saturated carbocycles. The number of hydrogen-bond acceptors (Lipinski definition) is 5. The van der Waals surface area contributed by atoms with Crippen molar-refractivity contribution in [3.05, 3.63) is 18.2 Å². The van der Waals surface area contributed by atoms with Crippen molar-refractivity contribution in [3.8, 4) is 11.5 Å². The van der Waals surface area contributed by atoms with Gasteiger partial charge in [-0.1, -0.05) is 6.42 Å². The van der Waals surface area contributed by atoms with Crippen LogP contribution >= 0.6 is 0 Å². The van der Waals surface area contributed by atoms with E-state index >= 15 is 0 Å². The van der Waals surface area contributed by atoms with Gasteiger partial charge in [-0.2, -0.15) is 0 Å². The molecule has 4 aliphatic rings. The fraction of sp³-hybridized carbons (Fsp3) is 0.636. The van der Waals surface area contributed by atoms with E-state index in [-0.39, 0.29) is 18.5 Å². The second-order valence-electron chi connectivity index (χ2n) is 8.83. The molecule has 1 aliphatic heterocycles. The molecule has 6 heteroatoms. The zero-order chi connectivity index (χ0) is 19.1. The molecule has 1 N–H and O–H groups in total. The highest BCUT2D eigenvalue weighted by Crippen LogP contribution is 2.49. The summed E-state index contributed by atoms with van der Waals surface area (Å²) in [5, 5.41) is 2.77. The zero-order valence-corrected chi connectivity index (χ0v) is 16.1. The molecular weight excluding hydrogens is 358 g/mol. The van der Waals surface area contributed by atoms with E-state index in [4.69, 9.17) is 14.2 Å². The molecular formula is C22H27NO5. The molecule has 3 atom stereocenters. The molecule has 0 radical (unpaired) electrons. The van der Waals surface area contributed by atoms with Gasteiger partial charge in [0, 0.05) is 31.0 Å². The molecule has 0 saturated heterocycles. The Hall–Kier alpha value is -2.24. The van der Waals surface area contributed by atoms with Crippen LogP contribution in [0.25, 0.3) is 0 Å². The van der Waals surface area contributed by atoms with Crippen molar-refractivity contribution in [2.24, 2.45) is 17.8 Å². The molecule has 150 valence electrons. The Balaban J connectivity index is 1.10. The first-order chi connectivity index (χ1) is 13.6. The molecule has 3 aliphatic carbocycles. The Kier molecular flexibility index (Phi) is 4.44. The molecule has 5 rings (SSSR count). The third-order valence-electron chi connectivity index (χ3n) is 6.86. The van der Waals surface area contributed by atoms with Crippen molar-refractivity contribution in [1.82, 2.24) is 0 Å². The van der Waals surface area contributed by atoms with Gasteiger partial charge in [0.15, 0.2) is 18.1 Å². The predicted octanol–water partition coefficient (Wildman–Crippen LogP) is 4.04. The van der Waals surface area contributed by atoms with Crippen LogP contribution in [0.15, 0.2) is 18.2 Å². The van der Waals surface area contributed by atoms with Crippen molar-refractivity contribution in [2.45, 2.75) is 63.6 Å². The largest absolute Gasteiger partial charge is 0.456 e. The van der Waals surface area contributed by atoms with E-state index in [1.807, 2.05) is 6.07 Å². The monoisotopic (exact) mass is 385 g/mol. The van der Waals surface area contributed by atoms with Crippen LogP contribution in [-0.4, -0.2) is 24.3 Å². The summed E-state index contributed by atoms with van der Waals surface area (Å²) < 4.78 is 17.2. The highest BCUT2D eigenvalue weighted by molar-refractivity contribution is 5.93. The second kappa shape index (κ2) is 6.98. The lowest BCUT2D eigenvalue weighted by molar-refractivity contribution is -0.148. The van der Waals surface area contributed by atoms with Crippen LogP contribution in [0.4, 0.5) is 5.69 Å². The van der Waals surface area contributed by atoms with Crippen molar-refractivity contribution >= 4 is 17.6 Å². The zero-order valence-electron chi connectivity index (χ0n) is 16.1. The quantitative estimate of drug-likeness (QED) is 0.775. The summed E-state index contributed by atoms with van der Waals surface area (Å²) >= 11 is 0. The van der Waals surface area contributed by atoms with E-state index in [2.05, 4.69) is 5.32 Å². The average molecular weight is 385 g/mol. The number of nitrogens with one attached hydrogen (secondary N) is 1. The molecule has 2 bridgehead atoms. The number of benzene rings is 1. The average Bonchev–Trinajstić information content (AvgIpc) is 3.44. The molecule has 0 unspecified atom stereocenters. The molecule has 28 heavy (non-hydrogen) atoms. The maximum absolute atomic E-state index is 12.2. The summed E-state index contributed by atoms with van der Waals surface area (Å²) in [6.07, 6.45) is 9.40. The van der Waals surface area contributed by atoms with E-state index in [1.54, 1.807) is 12.1 Å². The number of anilines is 1. The molecule has 1 spiro atoms. The van der Waals surface area contributed by atoms with Crippen LogP contribution in [0.3, 0.4) is 0 Å². The van der Waals surface area contributed by atoms with E-state index in [0.717, 1.165) is 43.8 Å². The van der Waals surface area contributed by atoms with Gasteiger partial charge in [0.1, 0.15) is 0 Å². The van der Waals surface area contributed by atoms with E-state index in [1.165, 1.54) is 19.3 Å². The third kappa shape index (κ3) is 3.45. The maximum Gasteiger partial charge on any atom is 0.306 e. The van der Waals surface area contributed by atoms with Gasteiger partial charge in [0.2, 0.25) is 0 Å². The van der Waals surface area contributed by atoms with Crippen molar-refractivity contribution in [3.63, 3.8) is 0 Å². The molecule has 1 aromatic carbocycles. The SMILES string of the molecule is O=C(COC(=O)C[C@H]1C[C@H]2CC[C@H]1C2)Nc1ccc2c(c1)OC1(CCCC1)O2. The Bertz CT molecular complexity index is 785. The molecule has 6 nitrogen and oxygen atoms in total. The first-order valence-electron chi connectivity index (χ1n) is 10.6. The van der Waals surface area contributed by atoms with Gasteiger partial charge >= 0.3 is 5.97 Å². The fourth-order valence-corrected chi connectivity index (χ4v) is 5.53. The Morgan fingerprint density at radius 1 is 1.11 bits per heavy atom. The number of carbonyl (C=O) groups is 2. The van der Waals surface area contributed by atoms with Crippen LogP contribution in [-0.2, 0) is 14.3 Å². The Labute approximate surface area is 164 Å². The van der Waals surface area contributed by atoms with Crippen molar-refractivity contribution in [2.75, 3.05) is 11.9 Å².